The lowest BCUT2D eigenvalue weighted by Crippen LogP contribution is -2.67. The summed E-state index contributed by atoms with van der Waals surface area (Å²) < 4.78 is 10.2. The van der Waals surface area contributed by atoms with E-state index in [4.69, 9.17) is 21.1 Å². The molecule has 3 amide bonds. The van der Waals surface area contributed by atoms with E-state index in [9.17, 15) is 14.4 Å². The maximum Gasteiger partial charge on any atom is 0.328 e. The van der Waals surface area contributed by atoms with Crippen LogP contribution in [0.25, 0.3) is 0 Å². The third kappa shape index (κ3) is 3.68. The van der Waals surface area contributed by atoms with Gasteiger partial charge in [0.05, 0.1) is 18.7 Å². The molecule has 0 bridgehead atoms. The second kappa shape index (κ2) is 8.52. The van der Waals surface area contributed by atoms with Crippen LogP contribution in [0.3, 0.4) is 0 Å². The Kier molecular flexibility index (Phi) is 5.96. The predicted molar refractivity (Wildman–Crippen MR) is 113 cm³/mol. The van der Waals surface area contributed by atoms with Crippen LogP contribution in [0, 0.1) is 0 Å². The van der Waals surface area contributed by atoms with Crippen LogP contribution in [-0.4, -0.2) is 91.5 Å². The maximum absolute atomic E-state index is 13.3. The fraction of sp³-hybridized carbons (Fsp3) is 0.550. The van der Waals surface area contributed by atoms with Crippen molar-refractivity contribution in [1.82, 2.24) is 20.0 Å². The van der Waals surface area contributed by atoms with Crippen LogP contribution in [0.5, 0.6) is 5.75 Å². The van der Waals surface area contributed by atoms with Crippen molar-refractivity contribution in [2.24, 2.45) is 0 Å². The van der Waals surface area contributed by atoms with Crippen LogP contribution < -0.4 is 15.0 Å². The molecule has 0 aliphatic carbocycles. The van der Waals surface area contributed by atoms with Crippen molar-refractivity contribution >= 4 is 35.2 Å². The van der Waals surface area contributed by atoms with Crippen molar-refractivity contribution in [2.45, 2.75) is 31.8 Å². The Bertz CT molecular complexity index is 899. The monoisotopic (exact) mass is 451 g/mol. The highest BCUT2D eigenvalue weighted by Gasteiger charge is 2.56. The highest BCUT2D eigenvalue weighted by molar-refractivity contribution is 6.32. The van der Waals surface area contributed by atoms with Gasteiger partial charge in [-0.05, 0) is 31.5 Å². The summed E-state index contributed by atoms with van der Waals surface area (Å²) in [6.45, 7) is 2.91. The molecule has 0 saturated carbocycles. The standard InChI is InChI=1S/C20H26ClN5O5/c1-4-31-15(27)11-26-18(28)16-17(23(2)20(26)29)22-19-24(8-5-9-25(16)19)12-6-7-14(30-3)13(21)10-12/h6-7,10,16-17,19,22H,4-5,8-9,11H2,1-3H3. The summed E-state index contributed by atoms with van der Waals surface area (Å²) >= 11 is 6.33. The maximum atomic E-state index is 13.3. The molecular weight excluding hydrogens is 426 g/mol. The number of benzene rings is 1. The number of imide groups is 1. The van der Waals surface area contributed by atoms with E-state index in [-0.39, 0.29) is 12.9 Å². The summed E-state index contributed by atoms with van der Waals surface area (Å²) in [5.41, 5.74) is 0.886. The van der Waals surface area contributed by atoms with Gasteiger partial charge in [0.25, 0.3) is 5.91 Å². The molecule has 1 aromatic rings. The minimum atomic E-state index is -0.605. The van der Waals surface area contributed by atoms with E-state index >= 15 is 0 Å². The summed E-state index contributed by atoms with van der Waals surface area (Å²) in [6, 6.07) is 4.43. The summed E-state index contributed by atoms with van der Waals surface area (Å²) in [7, 11) is 3.19. The average molecular weight is 452 g/mol. The lowest BCUT2D eigenvalue weighted by molar-refractivity contribution is -0.151. The van der Waals surface area contributed by atoms with Crippen LogP contribution in [0.4, 0.5) is 10.5 Å². The fourth-order valence-electron chi connectivity index (χ4n) is 4.50. The van der Waals surface area contributed by atoms with E-state index in [2.05, 4.69) is 10.2 Å². The third-order valence-electron chi connectivity index (χ3n) is 5.93. The molecule has 31 heavy (non-hydrogen) atoms. The third-order valence-corrected chi connectivity index (χ3v) is 6.22. The topological polar surface area (TPSA) is 94.7 Å². The van der Waals surface area contributed by atoms with E-state index in [0.717, 1.165) is 23.6 Å². The van der Waals surface area contributed by atoms with Gasteiger partial charge in [0.15, 0.2) is 0 Å². The smallest absolute Gasteiger partial charge is 0.328 e. The number of likely N-dealkylation sites (N-methyl/N-ethyl adjacent to an activating group) is 1. The van der Waals surface area contributed by atoms with Gasteiger partial charge in [-0.15, -0.1) is 0 Å². The summed E-state index contributed by atoms with van der Waals surface area (Å²) in [5, 5.41) is 3.92. The minimum absolute atomic E-state index is 0.187. The zero-order valence-corrected chi connectivity index (χ0v) is 18.5. The molecule has 3 aliphatic rings. The molecular formula is C20H26ClN5O5. The molecule has 3 fully saturated rings. The molecule has 4 rings (SSSR count). The van der Waals surface area contributed by atoms with Crippen molar-refractivity contribution < 1.29 is 23.9 Å². The number of esters is 1. The number of hydrogen-bond acceptors (Lipinski definition) is 8. The van der Waals surface area contributed by atoms with E-state index in [0.29, 0.717) is 17.3 Å². The Labute approximate surface area is 185 Å². The zero-order valence-electron chi connectivity index (χ0n) is 17.7. The van der Waals surface area contributed by atoms with Gasteiger partial charge in [0.1, 0.15) is 30.8 Å². The summed E-state index contributed by atoms with van der Waals surface area (Å²) in [6.07, 6.45) is 0.0288. The molecule has 3 heterocycles. The highest BCUT2D eigenvalue weighted by Crippen LogP contribution is 2.35. The van der Waals surface area contributed by atoms with Gasteiger partial charge in [0, 0.05) is 25.8 Å². The number of methoxy groups -OCH3 is 1. The number of carbonyl (C=O) groups is 3. The molecule has 3 unspecified atom stereocenters. The molecule has 0 aromatic heterocycles. The van der Waals surface area contributed by atoms with Crippen molar-refractivity contribution in [3.63, 3.8) is 0 Å². The van der Waals surface area contributed by atoms with Gasteiger partial charge in [-0.1, -0.05) is 11.6 Å². The van der Waals surface area contributed by atoms with Gasteiger partial charge in [-0.25, -0.2) is 4.79 Å². The lowest BCUT2D eigenvalue weighted by Gasteiger charge is -2.43. The second-order valence-corrected chi connectivity index (χ2v) is 8.06. The van der Waals surface area contributed by atoms with Crippen LogP contribution >= 0.6 is 11.6 Å². The van der Waals surface area contributed by atoms with Gasteiger partial charge < -0.3 is 19.3 Å². The highest BCUT2D eigenvalue weighted by atomic mass is 35.5. The second-order valence-electron chi connectivity index (χ2n) is 7.66. The van der Waals surface area contributed by atoms with Crippen LogP contribution in [0.15, 0.2) is 18.2 Å². The number of amides is 3. The molecule has 0 radical (unpaired) electrons. The molecule has 0 spiro atoms. The molecule has 3 saturated heterocycles. The number of nitrogens with one attached hydrogen (secondary N) is 1. The van der Waals surface area contributed by atoms with Crippen LogP contribution in [0.2, 0.25) is 5.02 Å². The number of halogens is 1. The van der Waals surface area contributed by atoms with Crippen molar-refractivity contribution in [2.75, 3.05) is 45.3 Å². The number of rotatable bonds is 5. The number of urea groups is 1. The fourth-order valence-corrected chi connectivity index (χ4v) is 4.75. The Hall–Kier alpha value is -2.56. The quantitative estimate of drug-likeness (QED) is 0.660. The van der Waals surface area contributed by atoms with E-state index in [1.165, 1.54) is 4.90 Å². The molecule has 1 N–H and O–H groups in total. The summed E-state index contributed by atoms with van der Waals surface area (Å²) in [4.78, 5) is 44.7. The molecule has 11 heteroatoms. The van der Waals surface area contributed by atoms with E-state index in [1.54, 1.807) is 27.1 Å². The minimum Gasteiger partial charge on any atom is -0.495 e. The first kappa shape index (κ1) is 21.7. The first-order valence-corrected chi connectivity index (χ1v) is 10.6. The normalized spacial score (nSPS) is 26.1. The Morgan fingerprint density at radius 1 is 1.29 bits per heavy atom. The van der Waals surface area contributed by atoms with Crippen molar-refractivity contribution in [1.29, 1.82) is 0 Å². The number of anilines is 1. The molecule has 168 valence electrons. The van der Waals surface area contributed by atoms with Crippen molar-refractivity contribution in [3.8, 4) is 5.75 Å². The Morgan fingerprint density at radius 2 is 2.06 bits per heavy atom. The first-order valence-electron chi connectivity index (χ1n) is 10.2. The first-order chi connectivity index (χ1) is 14.9. The van der Waals surface area contributed by atoms with Gasteiger partial charge in [-0.2, -0.15) is 0 Å². The van der Waals surface area contributed by atoms with Crippen LogP contribution in [-0.2, 0) is 14.3 Å². The molecule has 3 aliphatic heterocycles. The van der Waals surface area contributed by atoms with Gasteiger partial charge >= 0.3 is 12.0 Å². The average Bonchev–Trinajstić information content (AvgIpc) is 3.15. The Balaban J connectivity index is 1.60. The lowest BCUT2D eigenvalue weighted by atomic mass is 10.1. The molecule has 1 aromatic carbocycles. The van der Waals surface area contributed by atoms with Crippen LogP contribution in [0.1, 0.15) is 13.3 Å². The largest absolute Gasteiger partial charge is 0.495 e. The predicted octanol–water partition coefficient (Wildman–Crippen LogP) is 0.899. The number of carbonyl (C=O) groups excluding carboxylic acids is 3. The van der Waals surface area contributed by atoms with Crippen molar-refractivity contribution in [3.05, 3.63) is 23.2 Å². The summed E-state index contributed by atoms with van der Waals surface area (Å²) in [5.74, 6) is -0.417. The van der Waals surface area contributed by atoms with E-state index in [1.807, 2.05) is 17.0 Å². The van der Waals surface area contributed by atoms with Gasteiger partial charge in [0.2, 0.25) is 0 Å². The Morgan fingerprint density at radius 3 is 2.74 bits per heavy atom. The number of fused-ring (bicyclic) bond motifs is 3. The zero-order chi connectivity index (χ0) is 22.3. The van der Waals surface area contributed by atoms with Gasteiger partial charge in [-0.3, -0.25) is 24.7 Å². The van der Waals surface area contributed by atoms with E-state index < -0.39 is 36.7 Å². The number of ether oxygens (including phenoxy) is 2. The molecule has 3 atom stereocenters. The number of hydrogen-bond donors (Lipinski definition) is 1. The number of nitrogens with zero attached hydrogens (tertiary/aromatic N) is 4. The molecule has 10 nitrogen and oxygen atoms in total. The SMILES string of the molecule is CCOC(=O)CN1C(=O)C2C(NC3N(c4ccc(OC)c(Cl)c4)CCCN23)N(C)C1=O.